The summed E-state index contributed by atoms with van der Waals surface area (Å²) in [5.74, 6) is 1.17. The Morgan fingerprint density at radius 1 is 1.15 bits per heavy atom. The molecule has 104 valence electrons. The monoisotopic (exact) mass is 268 g/mol. The first-order valence-corrected chi connectivity index (χ1v) is 7.37. The zero-order valence-electron chi connectivity index (χ0n) is 11.9. The number of aromatic nitrogens is 2. The third-order valence-corrected chi connectivity index (χ3v) is 4.27. The van der Waals surface area contributed by atoms with E-state index in [1.54, 1.807) is 17.0 Å². The van der Waals surface area contributed by atoms with Crippen molar-refractivity contribution in [1.29, 1.82) is 0 Å². The van der Waals surface area contributed by atoms with Gasteiger partial charge in [-0.3, -0.25) is 4.79 Å². The molecule has 0 unspecified atom stereocenters. The number of aryl methyl sites for hydroxylation is 1. The Balaban J connectivity index is 1.79. The van der Waals surface area contributed by atoms with Crippen LogP contribution in [0.4, 0.5) is 0 Å². The van der Waals surface area contributed by atoms with Crippen molar-refractivity contribution in [2.45, 2.75) is 38.0 Å². The second-order valence-corrected chi connectivity index (χ2v) is 5.65. The Bertz CT molecular complexity index is 592. The zero-order valence-corrected chi connectivity index (χ0v) is 11.9. The number of carbonyl (C=O) groups is 1. The van der Waals surface area contributed by atoms with E-state index in [1.807, 2.05) is 19.2 Å². The molecule has 3 heteroatoms. The largest absolute Gasteiger partial charge is 0.331 e. The number of carbonyl (C=O) groups excluding carboxylic acids is 1. The fourth-order valence-electron chi connectivity index (χ4n) is 3.06. The molecule has 0 N–H and O–H groups in total. The first kappa shape index (κ1) is 13.1. The van der Waals surface area contributed by atoms with Crippen molar-refractivity contribution in [3.8, 4) is 0 Å². The van der Waals surface area contributed by atoms with Gasteiger partial charge < -0.3 is 4.57 Å². The number of benzene rings is 1. The number of imidazole rings is 1. The lowest BCUT2D eigenvalue weighted by atomic mass is 9.84. The van der Waals surface area contributed by atoms with Crippen LogP contribution in [0.5, 0.6) is 0 Å². The summed E-state index contributed by atoms with van der Waals surface area (Å²) < 4.78 is 1.76. The summed E-state index contributed by atoms with van der Waals surface area (Å²) in [6.07, 6.45) is 10.1. The molecule has 1 aliphatic carbocycles. The first-order valence-electron chi connectivity index (χ1n) is 7.37. The van der Waals surface area contributed by atoms with Crippen LogP contribution in [-0.2, 0) is 7.05 Å². The summed E-state index contributed by atoms with van der Waals surface area (Å²) >= 11 is 0. The van der Waals surface area contributed by atoms with E-state index >= 15 is 0 Å². The van der Waals surface area contributed by atoms with Crippen LogP contribution >= 0.6 is 0 Å². The molecular weight excluding hydrogens is 248 g/mol. The second-order valence-electron chi connectivity index (χ2n) is 5.65. The molecule has 1 fully saturated rings. The lowest BCUT2D eigenvalue weighted by molar-refractivity contribution is 0.102. The van der Waals surface area contributed by atoms with Crippen LogP contribution in [0.3, 0.4) is 0 Å². The molecule has 1 aromatic carbocycles. The Labute approximate surface area is 119 Å². The van der Waals surface area contributed by atoms with Gasteiger partial charge in [0.2, 0.25) is 5.78 Å². The van der Waals surface area contributed by atoms with E-state index in [0.29, 0.717) is 11.7 Å². The normalized spacial score (nSPS) is 16.2. The molecule has 1 aliphatic rings. The van der Waals surface area contributed by atoms with Crippen molar-refractivity contribution in [3.63, 3.8) is 0 Å². The summed E-state index contributed by atoms with van der Waals surface area (Å²) in [5.41, 5.74) is 2.10. The number of hydrogen-bond donors (Lipinski definition) is 0. The van der Waals surface area contributed by atoms with Crippen molar-refractivity contribution >= 4 is 5.78 Å². The topological polar surface area (TPSA) is 34.9 Å². The highest BCUT2D eigenvalue weighted by molar-refractivity contribution is 6.06. The highest BCUT2D eigenvalue weighted by Gasteiger charge is 2.17. The summed E-state index contributed by atoms with van der Waals surface area (Å²) in [6.45, 7) is 0. The van der Waals surface area contributed by atoms with Gasteiger partial charge in [0, 0.05) is 25.0 Å². The minimum Gasteiger partial charge on any atom is -0.331 e. The van der Waals surface area contributed by atoms with Gasteiger partial charge in [-0.05, 0) is 24.3 Å². The van der Waals surface area contributed by atoms with Crippen LogP contribution in [0.2, 0.25) is 0 Å². The summed E-state index contributed by atoms with van der Waals surface area (Å²) in [6, 6.07) is 8.13. The molecule has 1 heterocycles. The van der Waals surface area contributed by atoms with E-state index in [-0.39, 0.29) is 5.78 Å². The Hall–Kier alpha value is -1.90. The van der Waals surface area contributed by atoms with Crippen molar-refractivity contribution in [3.05, 3.63) is 53.6 Å². The number of hydrogen-bond acceptors (Lipinski definition) is 2. The fourth-order valence-corrected chi connectivity index (χ4v) is 3.06. The van der Waals surface area contributed by atoms with E-state index in [4.69, 9.17) is 0 Å². The molecule has 2 aromatic rings. The molecule has 3 rings (SSSR count). The van der Waals surface area contributed by atoms with E-state index < -0.39 is 0 Å². The van der Waals surface area contributed by atoms with E-state index in [2.05, 4.69) is 17.1 Å². The maximum Gasteiger partial charge on any atom is 0.228 e. The third kappa shape index (κ3) is 2.53. The smallest absolute Gasteiger partial charge is 0.228 e. The minimum atomic E-state index is -0.00676. The van der Waals surface area contributed by atoms with Crippen LogP contribution in [-0.4, -0.2) is 15.3 Å². The van der Waals surface area contributed by atoms with Crippen LogP contribution < -0.4 is 0 Å². The van der Waals surface area contributed by atoms with Gasteiger partial charge in [-0.1, -0.05) is 43.5 Å². The van der Waals surface area contributed by atoms with Crippen LogP contribution in [0.1, 0.15) is 59.8 Å². The molecule has 1 aromatic heterocycles. The van der Waals surface area contributed by atoms with Gasteiger partial charge in [0.15, 0.2) is 5.82 Å². The fraction of sp³-hybridized carbons (Fsp3) is 0.412. The summed E-state index contributed by atoms with van der Waals surface area (Å²) in [5, 5.41) is 0. The van der Waals surface area contributed by atoms with Gasteiger partial charge in [-0.2, -0.15) is 0 Å². The van der Waals surface area contributed by atoms with Gasteiger partial charge in [0.25, 0.3) is 0 Å². The molecule has 0 atom stereocenters. The van der Waals surface area contributed by atoms with Crippen molar-refractivity contribution in [1.82, 2.24) is 9.55 Å². The predicted molar refractivity (Wildman–Crippen MR) is 78.9 cm³/mol. The van der Waals surface area contributed by atoms with Crippen molar-refractivity contribution in [2.75, 3.05) is 0 Å². The first-order chi connectivity index (χ1) is 9.75. The van der Waals surface area contributed by atoms with Crippen molar-refractivity contribution in [2.24, 2.45) is 7.05 Å². The lowest BCUT2D eigenvalue weighted by Gasteiger charge is -2.22. The van der Waals surface area contributed by atoms with Crippen molar-refractivity contribution < 1.29 is 4.79 Å². The Kier molecular flexibility index (Phi) is 3.68. The van der Waals surface area contributed by atoms with Crippen LogP contribution in [0.15, 0.2) is 36.7 Å². The van der Waals surface area contributed by atoms with E-state index in [1.165, 1.54) is 37.7 Å². The average molecular weight is 268 g/mol. The molecule has 0 aliphatic heterocycles. The SMILES string of the molecule is Cn1ccnc1C(=O)c1ccc(C2CCCCC2)cc1. The maximum atomic E-state index is 12.3. The van der Waals surface area contributed by atoms with Gasteiger partial charge in [0.1, 0.15) is 0 Å². The Morgan fingerprint density at radius 3 is 2.45 bits per heavy atom. The van der Waals surface area contributed by atoms with Crippen LogP contribution in [0.25, 0.3) is 0 Å². The number of rotatable bonds is 3. The van der Waals surface area contributed by atoms with Gasteiger partial charge >= 0.3 is 0 Å². The summed E-state index contributed by atoms with van der Waals surface area (Å²) in [7, 11) is 1.84. The summed E-state index contributed by atoms with van der Waals surface area (Å²) in [4.78, 5) is 16.5. The highest BCUT2D eigenvalue weighted by Crippen LogP contribution is 2.32. The van der Waals surface area contributed by atoms with Gasteiger partial charge in [0.05, 0.1) is 0 Å². The molecule has 3 nitrogen and oxygen atoms in total. The number of nitrogens with zero attached hydrogens (tertiary/aromatic N) is 2. The lowest BCUT2D eigenvalue weighted by Crippen LogP contribution is -2.09. The molecule has 0 radical (unpaired) electrons. The molecular formula is C17H20N2O. The maximum absolute atomic E-state index is 12.3. The standard InChI is InChI=1S/C17H20N2O/c1-19-12-11-18-17(19)16(20)15-9-7-14(8-10-15)13-5-3-2-4-6-13/h7-13H,2-6H2,1H3. The average Bonchev–Trinajstić information content (AvgIpc) is 2.94. The molecule has 0 saturated heterocycles. The molecule has 0 bridgehead atoms. The molecule has 0 amide bonds. The molecule has 0 spiro atoms. The molecule has 1 saturated carbocycles. The van der Waals surface area contributed by atoms with Crippen LogP contribution in [0, 0.1) is 0 Å². The second kappa shape index (κ2) is 5.61. The predicted octanol–water partition coefficient (Wildman–Crippen LogP) is 3.70. The van der Waals surface area contributed by atoms with E-state index in [9.17, 15) is 4.79 Å². The third-order valence-electron chi connectivity index (χ3n) is 4.27. The minimum absolute atomic E-state index is 0.00676. The highest BCUT2D eigenvalue weighted by atomic mass is 16.1. The molecule has 20 heavy (non-hydrogen) atoms. The number of ketones is 1. The van der Waals surface area contributed by atoms with Gasteiger partial charge in [-0.25, -0.2) is 4.98 Å². The van der Waals surface area contributed by atoms with E-state index in [0.717, 1.165) is 5.56 Å². The van der Waals surface area contributed by atoms with Gasteiger partial charge in [-0.15, -0.1) is 0 Å². The quantitative estimate of drug-likeness (QED) is 0.796. The Morgan fingerprint density at radius 2 is 1.85 bits per heavy atom. The zero-order chi connectivity index (χ0) is 13.9.